The van der Waals surface area contributed by atoms with Crippen LogP contribution >= 0.6 is 0 Å². The first-order chi connectivity index (χ1) is 8.69. The van der Waals surface area contributed by atoms with Gasteiger partial charge >= 0.3 is 0 Å². The monoisotopic (exact) mass is 257 g/mol. The highest BCUT2D eigenvalue weighted by atomic mass is 19.1. The van der Waals surface area contributed by atoms with E-state index in [-0.39, 0.29) is 32.2 Å². The quantitative estimate of drug-likeness (QED) is 0.335. The molecule has 0 saturated heterocycles. The first kappa shape index (κ1) is 14.4. The molecule has 1 rings (SSSR count). The van der Waals surface area contributed by atoms with E-state index in [1.54, 1.807) is 6.92 Å². The van der Waals surface area contributed by atoms with Gasteiger partial charge in [0.05, 0.1) is 25.5 Å². The molecule has 1 aromatic carbocycles. The van der Waals surface area contributed by atoms with Crippen molar-refractivity contribution in [3.05, 3.63) is 29.6 Å². The Hall–Kier alpha value is -1.66. The van der Waals surface area contributed by atoms with Gasteiger partial charge in [-0.1, -0.05) is 5.16 Å². The molecule has 0 fully saturated rings. The Labute approximate surface area is 104 Å². The standard InChI is InChI=1S/C12H16FNO4/c1-9(14-16)11-3-2-10(13)8-12(11)18-7-6-17-5-4-15/h2-3,8,15-16H,4-7H2,1H3. The number of oxime groups is 1. The van der Waals surface area contributed by atoms with Gasteiger partial charge in [-0.3, -0.25) is 0 Å². The minimum Gasteiger partial charge on any atom is -0.490 e. The van der Waals surface area contributed by atoms with Gasteiger partial charge in [-0.05, 0) is 19.1 Å². The lowest BCUT2D eigenvalue weighted by molar-refractivity contribution is 0.0704. The predicted molar refractivity (Wildman–Crippen MR) is 63.8 cm³/mol. The third kappa shape index (κ3) is 4.31. The maximum Gasteiger partial charge on any atom is 0.131 e. The van der Waals surface area contributed by atoms with E-state index in [1.807, 2.05) is 0 Å². The van der Waals surface area contributed by atoms with Gasteiger partial charge in [-0.15, -0.1) is 0 Å². The average Bonchev–Trinajstić information content (AvgIpc) is 2.38. The third-order valence-corrected chi connectivity index (χ3v) is 2.20. The molecule has 0 radical (unpaired) electrons. The first-order valence-electron chi connectivity index (χ1n) is 5.49. The summed E-state index contributed by atoms with van der Waals surface area (Å²) < 4.78 is 23.5. The van der Waals surface area contributed by atoms with E-state index in [2.05, 4.69) is 5.16 Å². The molecule has 5 nitrogen and oxygen atoms in total. The molecule has 0 heterocycles. The van der Waals surface area contributed by atoms with Crippen molar-refractivity contribution in [3.8, 4) is 5.75 Å². The molecule has 100 valence electrons. The summed E-state index contributed by atoms with van der Waals surface area (Å²) in [4.78, 5) is 0. The lowest BCUT2D eigenvalue weighted by Gasteiger charge is -2.11. The van der Waals surface area contributed by atoms with Crippen molar-refractivity contribution in [1.29, 1.82) is 0 Å². The van der Waals surface area contributed by atoms with Crippen molar-refractivity contribution in [3.63, 3.8) is 0 Å². The van der Waals surface area contributed by atoms with Gasteiger partial charge in [0.15, 0.2) is 0 Å². The van der Waals surface area contributed by atoms with Gasteiger partial charge in [0.2, 0.25) is 0 Å². The Morgan fingerprint density at radius 1 is 1.33 bits per heavy atom. The fraction of sp³-hybridized carbons (Fsp3) is 0.417. The predicted octanol–water partition coefficient (Wildman–Crippen LogP) is 1.41. The third-order valence-electron chi connectivity index (χ3n) is 2.20. The van der Waals surface area contributed by atoms with Crippen molar-refractivity contribution in [1.82, 2.24) is 0 Å². The number of rotatable bonds is 7. The molecule has 0 aliphatic heterocycles. The van der Waals surface area contributed by atoms with Crippen LogP contribution in [0, 0.1) is 5.82 Å². The summed E-state index contributed by atoms with van der Waals surface area (Å²) in [5.41, 5.74) is 0.849. The molecule has 0 aliphatic carbocycles. The molecule has 18 heavy (non-hydrogen) atoms. The maximum atomic E-state index is 13.1. The minimum absolute atomic E-state index is 0.0541. The number of nitrogens with zero attached hydrogens (tertiary/aromatic N) is 1. The van der Waals surface area contributed by atoms with Crippen LogP contribution in [0.4, 0.5) is 4.39 Å². The summed E-state index contributed by atoms with van der Waals surface area (Å²) >= 11 is 0. The maximum absolute atomic E-state index is 13.1. The molecule has 0 saturated carbocycles. The van der Waals surface area contributed by atoms with Crippen LogP contribution in [0.1, 0.15) is 12.5 Å². The van der Waals surface area contributed by atoms with Gasteiger partial charge in [0, 0.05) is 11.6 Å². The van der Waals surface area contributed by atoms with Gasteiger partial charge in [0.25, 0.3) is 0 Å². The number of benzene rings is 1. The number of aliphatic hydroxyl groups excluding tert-OH is 1. The van der Waals surface area contributed by atoms with Crippen LogP contribution in [-0.4, -0.2) is 42.5 Å². The van der Waals surface area contributed by atoms with E-state index in [9.17, 15) is 4.39 Å². The highest BCUT2D eigenvalue weighted by Crippen LogP contribution is 2.20. The summed E-state index contributed by atoms with van der Waals surface area (Å²) in [5, 5.41) is 20.3. The molecule has 0 bridgehead atoms. The van der Waals surface area contributed by atoms with Crippen LogP contribution in [0.5, 0.6) is 5.75 Å². The Morgan fingerprint density at radius 3 is 2.78 bits per heavy atom. The molecule has 0 amide bonds. The van der Waals surface area contributed by atoms with Crippen molar-refractivity contribution in [2.75, 3.05) is 26.4 Å². The lowest BCUT2D eigenvalue weighted by Crippen LogP contribution is -2.11. The second kappa shape index (κ2) is 7.62. The Morgan fingerprint density at radius 2 is 2.11 bits per heavy atom. The molecule has 1 aromatic rings. The van der Waals surface area contributed by atoms with Crippen molar-refractivity contribution < 1.29 is 24.2 Å². The Kier molecular flexibility index (Phi) is 6.10. The van der Waals surface area contributed by atoms with Crippen LogP contribution in [0.15, 0.2) is 23.4 Å². The summed E-state index contributed by atoms with van der Waals surface area (Å²) in [6.07, 6.45) is 0. The largest absolute Gasteiger partial charge is 0.490 e. The molecular formula is C12H16FNO4. The smallest absolute Gasteiger partial charge is 0.131 e. The van der Waals surface area contributed by atoms with E-state index in [0.717, 1.165) is 0 Å². The fourth-order valence-electron chi connectivity index (χ4n) is 1.35. The SMILES string of the molecule is CC(=NO)c1ccc(F)cc1OCCOCCO. The number of hydrogen-bond acceptors (Lipinski definition) is 5. The zero-order chi connectivity index (χ0) is 13.4. The van der Waals surface area contributed by atoms with Crippen LogP contribution in [0.3, 0.4) is 0 Å². The van der Waals surface area contributed by atoms with Gasteiger partial charge in [-0.2, -0.15) is 0 Å². The van der Waals surface area contributed by atoms with E-state index in [1.165, 1.54) is 18.2 Å². The molecule has 0 aliphatic rings. The number of aliphatic hydroxyl groups is 1. The van der Waals surface area contributed by atoms with Gasteiger partial charge < -0.3 is 19.8 Å². The first-order valence-corrected chi connectivity index (χ1v) is 5.49. The number of hydrogen-bond donors (Lipinski definition) is 2. The molecule has 0 unspecified atom stereocenters. The van der Waals surface area contributed by atoms with E-state index in [0.29, 0.717) is 11.3 Å². The van der Waals surface area contributed by atoms with E-state index < -0.39 is 5.82 Å². The summed E-state index contributed by atoms with van der Waals surface area (Å²) in [5.74, 6) is -0.145. The summed E-state index contributed by atoms with van der Waals surface area (Å²) in [7, 11) is 0. The molecule has 0 atom stereocenters. The van der Waals surface area contributed by atoms with Crippen LogP contribution < -0.4 is 4.74 Å². The number of ether oxygens (including phenoxy) is 2. The molecule has 2 N–H and O–H groups in total. The molecule has 0 aromatic heterocycles. The van der Waals surface area contributed by atoms with E-state index in [4.69, 9.17) is 19.8 Å². The normalized spacial score (nSPS) is 11.6. The van der Waals surface area contributed by atoms with E-state index >= 15 is 0 Å². The minimum atomic E-state index is -0.434. The highest BCUT2D eigenvalue weighted by Gasteiger charge is 2.08. The van der Waals surface area contributed by atoms with Crippen molar-refractivity contribution in [2.24, 2.45) is 5.16 Å². The molecular weight excluding hydrogens is 241 g/mol. The Balaban J connectivity index is 2.65. The van der Waals surface area contributed by atoms with Crippen LogP contribution in [0.25, 0.3) is 0 Å². The van der Waals surface area contributed by atoms with Gasteiger partial charge in [-0.25, -0.2) is 4.39 Å². The van der Waals surface area contributed by atoms with Crippen molar-refractivity contribution >= 4 is 5.71 Å². The second-order valence-electron chi connectivity index (χ2n) is 3.51. The topological polar surface area (TPSA) is 71.3 Å². The van der Waals surface area contributed by atoms with Crippen molar-refractivity contribution in [2.45, 2.75) is 6.92 Å². The second-order valence-corrected chi connectivity index (χ2v) is 3.51. The zero-order valence-corrected chi connectivity index (χ0v) is 10.1. The lowest BCUT2D eigenvalue weighted by atomic mass is 10.1. The zero-order valence-electron chi connectivity index (χ0n) is 10.1. The molecule has 6 heteroatoms. The van der Waals surface area contributed by atoms with Crippen LogP contribution in [0.2, 0.25) is 0 Å². The number of halogens is 1. The summed E-state index contributed by atoms with van der Waals surface area (Å²) in [6.45, 7) is 2.27. The highest BCUT2D eigenvalue weighted by molar-refractivity contribution is 6.00. The average molecular weight is 257 g/mol. The molecule has 0 spiro atoms. The van der Waals surface area contributed by atoms with Crippen LogP contribution in [-0.2, 0) is 4.74 Å². The summed E-state index contributed by atoms with van der Waals surface area (Å²) in [6, 6.07) is 3.96. The van der Waals surface area contributed by atoms with Gasteiger partial charge in [0.1, 0.15) is 18.2 Å². The fourth-order valence-corrected chi connectivity index (χ4v) is 1.35. The Bertz CT molecular complexity index is 409.